The van der Waals surface area contributed by atoms with E-state index in [4.69, 9.17) is 0 Å². The summed E-state index contributed by atoms with van der Waals surface area (Å²) < 4.78 is 15.4. The lowest BCUT2D eigenvalue weighted by molar-refractivity contribution is 0.361. The zero-order chi connectivity index (χ0) is 14.5. The summed E-state index contributed by atoms with van der Waals surface area (Å²) in [4.78, 5) is 2.08. The fourth-order valence-corrected chi connectivity index (χ4v) is 2.78. The van der Waals surface area contributed by atoms with Crippen LogP contribution in [0.3, 0.4) is 0 Å². The van der Waals surface area contributed by atoms with Gasteiger partial charge in [0.2, 0.25) is 5.16 Å². The van der Waals surface area contributed by atoms with Crippen molar-refractivity contribution in [3.05, 3.63) is 34.1 Å². The molecule has 0 spiro atoms. The van der Waals surface area contributed by atoms with Gasteiger partial charge in [0.15, 0.2) is 0 Å². The minimum atomic E-state index is -0.255. The van der Waals surface area contributed by atoms with Gasteiger partial charge in [-0.3, -0.25) is 0 Å². The summed E-state index contributed by atoms with van der Waals surface area (Å²) in [5.41, 5.74) is 1.02. The van der Waals surface area contributed by atoms with Gasteiger partial charge in [-0.2, -0.15) is 0 Å². The summed E-state index contributed by atoms with van der Waals surface area (Å²) >= 11 is 4.72. The third kappa shape index (κ3) is 4.26. The molecule has 0 unspecified atom stereocenters. The molecule has 0 bridgehead atoms. The van der Waals surface area contributed by atoms with E-state index in [1.54, 1.807) is 16.8 Å². The molecule has 1 heterocycles. The Morgan fingerprint density at radius 3 is 2.90 bits per heavy atom. The van der Waals surface area contributed by atoms with Crippen LogP contribution in [0.25, 0.3) is 0 Å². The quantitative estimate of drug-likeness (QED) is 0.741. The highest BCUT2D eigenvalue weighted by Gasteiger charge is 2.08. The number of benzene rings is 1. The molecule has 1 aromatic heterocycles. The summed E-state index contributed by atoms with van der Waals surface area (Å²) in [6.45, 7) is 1.62. The minimum absolute atomic E-state index is 0.255. The first-order valence-corrected chi connectivity index (χ1v) is 7.82. The normalized spacial score (nSPS) is 11.2. The number of thioether (sulfide) groups is 1. The van der Waals surface area contributed by atoms with Crippen LogP contribution in [0.2, 0.25) is 0 Å². The molecule has 0 saturated carbocycles. The van der Waals surface area contributed by atoms with Crippen LogP contribution in [-0.4, -0.2) is 45.7 Å². The van der Waals surface area contributed by atoms with Gasteiger partial charge in [-0.25, -0.2) is 9.07 Å². The fraction of sp³-hybridized carbons (Fsp3) is 0.417. The molecule has 0 atom stereocenters. The van der Waals surface area contributed by atoms with Crippen LogP contribution in [-0.2, 0) is 12.3 Å². The van der Waals surface area contributed by atoms with Crippen molar-refractivity contribution in [2.75, 3.05) is 20.6 Å². The SMILES string of the molecule is CN(C)CCn1nnnc1SCc1ccc(F)c(Br)c1. The second-order valence-corrected chi connectivity index (χ2v) is 6.32. The molecule has 1 aromatic carbocycles. The van der Waals surface area contributed by atoms with Crippen molar-refractivity contribution in [1.82, 2.24) is 25.1 Å². The minimum Gasteiger partial charge on any atom is -0.308 e. The molecule has 0 amide bonds. The maximum atomic E-state index is 13.2. The second-order valence-electron chi connectivity index (χ2n) is 4.53. The van der Waals surface area contributed by atoms with Crippen molar-refractivity contribution in [2.24, 2.45) is 0 Å². The van der Waals surface area contributed by atoms with Gasteiger partial charge in [0.05, 0.1) is 11.0 Å². The lowest BCUT2D eigenvalue weighted by Gasteiger charge is -2.09. The standard InChI is InChI=1S/C12H15BrFN5S/c1-18(2)5-6-19-12(15-16-17-19)20-8-9-3-4-11(14)10(13)7-9/h3-4,7H,5-6,8H2,1-2H3. The van der Waals surface area contributed by atoms with Gasteiger partial charge in [-0.05, 0) is 58.1 Å². The van der Waals surface area contributed by atoms with Crippen LogP contribution in [0, 0.1) is 5.82 Å². The van der Waals surface area contributed by atoms with Crippen molar-refractivity contribution in [2.45, 2.75) is 17.5 Å². The van der Waals surface area contributed by atoms with Gasteiger partial charge in [0.1, 0.15) is 5.82 Å². The number of tetrazole rings is 1. The molecule has 2 aromatic rings. The number of aromatic nitrogens is 4. The smallest absolute Gasteiger partial charge is 0.209 e. The van der Waals surface area contributed by atoms with E-state index in [1.807, 2.05) is 14.1 Å². The lowest BCUT2D eigenvalue weighted by Crippen LogP contribution is -2.19. The van der Waals surface area contributed by atoms with Crippen molar-refractivity contribution < 1.29 is 4.39 Å². The molecule has 108 valence electrons. The molecule has 20 heavy (non-hydrogen) atoms. The summed E-state index contributed by atoms with van der Waals surface area (Å²) in [7, 11) is 4.01. The highest BCUT2D eigenvalue weighted by atomic mass is 79.9. The third-order valence-corrected chi connectivity index (χ3v) is 4.25. The van der Waals surface area contributed by atoms with Crippen molar-refractivity contribution >= 4 is 27.7 Å². The zero-order valence-corrected chi connectivity index (χ0v) is 13.7. The number of halogens is 2. The topological polar surface area (TPSA) is 46.8 Å². The lowest BCUT2D eigenvalue weighted by atomic mass is 10.2. The Morgan fingerprint density at radius 1 is 1.40 bits per heavy atom. The van der Waals surface area contributed by atoms with Crippen molar-refractivity contribution in [3.63, 3.8) is 0 Å². The van der Waals surface area contributed by atoms with E-state index in [1.165, 1.54) is 17.8 Å². The molecule has 0 aliphatic rings. The molecular weight excluding hydrogens is 345 g/mol. The van der Waals surface area contributed by atoms with E-state index in [9.17, 15) is 4.39 Å². The monoisotopic (exact) mass is 359 g/mol. The summed E-state index contributed by atoms with van der Waals surface area (Å²) in [5, 5.41) is 12.4. The molecule has 0 N–H and O–H groups in total. The van der Waals surface area contributed by atoms with Gasteiger partial charge < -0.3 is 4.90 Å². The fourth-order valence-electron chi connectivity index (χ4n) is 1.51. The largest absolute Gasteiger partial charge is 0.308 e. The number of likely N-dealkylation sites (N-methyl/N-ethyl adjacent to an activating group) is 1. The van der Waals surface area contributed by atoms with Crippen LogP contribution < -0.4 is 0 Å². The second kappa shape index (κ2) is 7.14. The van der Waals surface area contributed by atoms with E-state index < -0.39 is 0 Å². The number of hydrogen-bond donors (Lipinski definition) is 0. The molecule has 8 heteroatoms. The molecule has 2 rings (SSSR count). The first kappa shape index (κ1) is 15.4. The van der Waals surface area contributed by atoms with E-state index in [2.05, 4.69) is 36.4 Å². The Balaban J connectivity index is 1.96. The molecule has 0 radical (unpaired) electrons. The Kier molecular flexibility index (Phi) is 5.50. The maximum Gasteiger partial charge on any atom is 0.209 e. The molecule has 0 saturated heterocycles. The van der Waals surface area contributed by atoms with Crippen LogP contribution in [0.4, 0.5) is 4.39 Å². The molecule has 0 aliphatic heterocycles. The van der Waals surface area contributed by atoms with Crippen LogP contribution in [0.15, 0.2) is 27.8 Å². The van der Waals surface area contributed by atoms with Crippen molar-refractivity contribution in [1.29, 1.82) is 0 Å². The summed E-state index contributed by atoms with van der Waals surface area (Å²) in [6.07, 6.45) is 0. The van der Waals surface area contributed by atoms with Gasteiger partial charge >= 0.3 is 0 Å². The van der Waals surface area contributed by atoms with Crippen LogP contribution >= 0.6 is 27.7 Å². The van der Waals surface area contributed by atoms with E-state index in [0.29, 0.717) is 10.2 Å². The number of hydrogen-bond acceptors (Lipinski definition) is 5. The van der Waals surface area contributed by atoms with Gasteiger partial charge in [0.25, 0.3) is 0 Å². The predicted molar refractivity (Wildman–Crippen MR) is 80.0 cm³/mol. The van der Waals surface area contributed by atoms with Gasteiger partial charge in [0, 0.05) is 12.3 Å². The highest BCUT2D eigenvalue weighted by Crippen LogP contribution is 2.23. The Bertz CT molecular complexity index is 575. The van der Waals surface area contributed by atoms with E-state index in [-0.39, 0.29) is 5.82 Å². The van der Waals surface area contributed by atoms with Gasteiger partial charge in [-0.15, -0.1) is 5.10 Å². The predicted octanol–water partition coefficient (Wildman–Crippen LogP) is 2.43. The number of nitrogens with zero attached hydrogens (tertiary/aromatic N) is 5. The average molecular weight is 360 g/mol. The van der Waals surface area contributed by atoms with E-state index in [0.717, 1.165) is 23.8 Å². The molecule has 0 fully saturated rings. The Hall–Kier alpha value is -0.990. The third-order valence-electron chi connectivity index (χ3n) is 2.61. The van der Waals surface area contributed by atoms with Gasteiger partial charge in [-0.1, -0.05) is 17.8 Å². The Morgan fingerprint density at radius 2 is 2.20 bits per heavy atom. The first-order valence-electron chi connectivity index (χ1n) is 6.04. The highest BCUT2D eigenvalue weighted by molar-refractivity contribution is 9.10. The van der Waals surface area contributed by atoms with Crippen LogP contribution in [0.1, 0.15) is 5.56 Å². The maximum absolute atomic E-state index is 13.2. The molecule has 0 aliphatic carbocycles. The summed E-state index contributed by atoms with van der Waals surface area (Å²) in [6, 6.07) is 4.99. The first-order chi connectivity index (χ1) is 9.56. The average Bonchev–Trinajstić information content (AvgIpc) is 2.85. The van der Waals surface area contributed by atoms with Crippen molar-refractivity contribution in [3.8, 4) is 0 Å². The number of rotatable bonds is 6. The zero-order valence-electron chi connectivity index (χ0n) is 11.3. The van der Waals surface area contributed by atoms with Crippen LogP contribution in [0.5, 0.6) is 0 Å². The van der Waals surface area contributed by atoms with E-state index >= 15 is 0 Å². The molecule has 5 nitrogen and oxygen atoms in total. The summed E-state index contributed by atoms with van der Waals surface area (Å²) in [5.74, 6) is 0.441. The Labute approximate surface area is 129 Å². The molecular formula is C12H15BrFN5S.